The molecule has 0 amide bonds. The maximum absolute atomic E-state index is 12.5. The largest absolute Gasteiger partial charge is 0.497 e. The van der Waals surface area contributed by atoms with Crippen molar-refractivity contribution in [1.29, 1.82) is 0 Å². The maximum atomic E-state index is 12.5. The summed E-state index contributed by atoms with van der Waals surface area (Å²) in [6.07, 6.45) is 3.09. The van der Waals surface area contributed by atoms with Crippen molar-refractivity contribution in [3.05, 3.63) is 65.9 Å². The predicted molar refractivity (Wildman–Crippen MR) is 108 cm³/mol. The molecule has 0 fully saturated rings. The number of esters is 1. The highest BCUT2D eigenvalue weighted by atomic mass is 16.6. The monoisotopic (exact) mass is 421 g/mol. The molecule has 0 atom stereocenters. The second-order valence-corrected chi connectivity index (χ2v) is 6.40. The van der Waals surface area contributed by atoms with Gasteiger partial charge >= 0.3 is 5.97 Å². The number of aromatic nitrogens is 5. The van der Waals surface area contributed by atoms with E-state index in [4.69, 9.17) is 18.7 Å². The van der Waals surface area contributed by atoms with E-state index in [2.05, 4.69) is 20.2 Å². The van der Waals surface area contributed by atoms with Crippen LogP contribution in [0.2, 0.25) is 0 Å². The Hall–Kier alpha value is -4.21. The highest BCUT2D eigenvalue weighted by molar-refractivity contribution is 5.90. The van der Waals surface area contributed by atoms with Crippen LogP contribution in [0.5, 0.6) is 11.5 Å². The summed E-state index contributed by atoms with van der Waals surface area (Å²) in [5.41, 5.74) is 1.55. The van der Waals surface area contributed by atoms with Gasteiger partial charge in [-0.3, -0.25) is 0 Å². The zero-order valence-corrected chi connectivity index (χ0v) is 17.1. The van der Waals surface area contributed by atoms with Crippen molar-refractivity contribution in [3.63, 3.8) is 0 Å². The number of pyridine rings is 1. The number of benzene rings is 1. The van der Waals surface area contributed by atoms with Crippen LogP contribution >= 0.6 is 0 Å². The molecule has 4 rings (SSSR count). The molecule has 0 N–H and O–H groups in total. The minimum atomic E-state index is -0.554. The van der Waals surface area contributed by atoms with Crippen LogP contribution in [-0.4, -0.2) is 45.1 Å². The smallest absolute Gasteiger partial charge is 0.342 e. The quantitative estimate of drug-likeness (QED) is 0.415. The van der Waals surface area contributed by atoms with Gasteiger partial charge in [0.05, 0.1) is 31.7 Å². The summed E-state index contributed by atoms with van der Waals surface area (Å²) in [5.74, 6) is 1.68. The number of ether oxygens (including phenoxy) is 3. The minimum Gasteiger partial charge on any atom is -0.497 e. The molecule has 0 unspecified atom stereocenters. The van der Waals surface area contributed by atoms with Crippen LogP contribution in [0.15, 0.2) is 53.3 Å². The van der Waals surface area contributed by atoms with Gasteiger partial charge < -0.3 is 18.7 Å². The molecule has 4 aromatic rings. The molecule has 1 aromatic carbocycles. The zero-order chi connectivity index (χ0) is 21.8. The molecule has 3 heterocycles. The lowest BCUT2D eigenvalue weighted by Crippen LogP contribution is -2.08. The summed E-state index contributed by atoms with van der Waals surface area (Å²) < 4.78 is 22.6. The Morgan fingerprint density at radius 3 is 2.77 bits per heavy atom. The molecule has 0 aliphatic carbocycles. The van der Waals surface area contributed by atoms with E-state index < -0.39 is 5.97 Å². The fourth-order valence-corrected chi connectivity index (χ4v) is 2.93. The number of rotatable bonds is 7. The molecule has 10 nitrogen and oxygen atoms in total. The van der Waals surface area contributed by atoms with Gasteiger partial charge in [-0.25, -0.2) is 14.5 Å². The van der Waals surface area contributed by atoms with Crippen molar-refractivity contribution in [3.8, 4) is 28.7 Å². The van der Waals surface area contributed by atoms with Crippen molar-refractivity contribution in [2.75, 3.05) is 14.2 Å². The fraction of sp³-hybridized carbons (Fsp3) is 0.190. The first-order valence-electron chi connectivity index (χ1n) is 9.29. The zero-order valence-electron chi connectivity index (χ0n) is 17.1. The Balaban J connectivity index is 1.46. The van der Waals surface area contributed by atoms with Crippen molar-refractivity contribution in [2.45, 2.75) is 13.5 Å². The lowest BCUT2D eigenvalue weighted by Gasteiger charge is -2.07. The van der Waals surface area contributed by atoms with Crippen LogP contribution in [0.3, 0.4) is 0 Å². The topological polar surface area (TPSA) is 114 Å². The van der Waals surface area contributed by atoms with Gasteiger partial charge in [0.2, 0.25) is 5.82 Å². The van der Waals surface area contributed by atoms with Crippen LogP contribution < -0.4 is 9.47 Å². The van der Waals surface area contributed by atoms with Crippen LogP contribution in [0.1, 0.15) is 21.9 Å². The van der Waals surface area contributed by atoms with E-state index in [0.717, 1.165) is 0 Å². The highest BCUT2D eigenvalue weighted by Crippen LogP contribution is 2.31. The van der Waals surface area contributed by atoms with Crippen molar-refractivity contribution >= 4 is 5.97 Å². The number of hydrogen-bond acceptors (Lipinski definition) is 9. The third kappa shape index (κ3) is 4.08. The summed E-state index contributed by atoms with van der Waals surface area (Å²) in [6.45, 7) is 1.58. The Kier molecular flexibility index (Phi) is 5.61. The molecule has 0 aliphatic rings. The normalized spacial score (nSPS) is 10.7. The number of hydrogen-bond donors (Lipinski definition) is 0. The molecule has 0 spiro atoms. The lowest BCUT2D eigenvalue weighted by molar-refractivity contribution is 0.0429. The summed E-state index contributed by atoms with van der Waals surface area (Å²) in [4.78, 5) is 21.0. The first-order valence-corrected chi connectivity index (χ1v) is 9.29. The van der Waals surface area contributed by atoms with Gasteiger partial charge in [0, 0.05) is 12.3 Å². The number of nitrogens with zero attached hydrogens (tertiary/aromatic N) is 5. The van der Waals surface area contributed by atoms with Gasteiger partial charge in [-0.2, -0.15) is 10.1 Å². The first kappa shape index (κ1) is 20.1. The van der Waals surface area contributed by atoms with Crippen molar-refractivity contribution in [2.24, 2.45) is 0 Å². The molecule has 3 aromatic heterocycles. The third-order valence-corrected chi connectivity index (χ3v) is 4.54. The van der Waals surface area contributed by atoms with E-state index in [-0.39, 0.29) is 12.5 Å². The molecule has 158 valence electrons. The van der Waals surface area contributed by atoms with E-state index in [9.17, 15) is 4.79 Å². The Morgan fingerprint density at radius 1 is 1.16 bits per heavy atom. The predicted octanol–water partition coefficient (Wildman–Crippen LogP) is 3.00. The van der Waals surface area contributed by atoms with Crippen molar-refractivity contribution < 1.29 is 23.5 Å². The molecule has 0 radical (unpaired) electrons. The molecule has 0 aliphatic heterocycles. The van der Waals surface area contributed by atoms with Crippen LogP contribution in [0, 0.1) is 6.92 Å². The van der Waals surface area contributed by atoms with E-state index >= 15 is 0 Å². The molecule has 0 bridgehead atoms. The van der Waals surface area contributed by atoms with Gasteiger partial charge in [-0.15, -0.1) is 0 Å². The molecule has 31 heavy (non-hydrogen) atoms. The van der Waals surface area contributed by atoms with E-state index in [0.29, 0.717) is 40.0 Å². The molecule has 10 heteroatoms. The second-order valence-electron chi connectivity index (χ2n) is 6.40. The van der Waals surface area contributed by atoms with Gasteiger partial charge in [0.25, 0.3) is 5.89 Å². The van der Waals surface area contributed by atoms with Crippen LogP contribution in [0.25, 0.3) is 17.2 Å². The molecular formula is C21H19N5O5. The standard InChI is InChI=1S/C21H19N5O5/c1-13-16(11-23-26(13)18-6-4-5-9-22-18)21(27)30-12-19-24-20(25-31-19)15-8-7-14(28-2)10-17(15)29-3/h4-11H,12H2,1-3H3. The Morgan fingerprint density at radius 2 is 2.03 bits per heavy atom. The van der Waals surface area contributed by atoms with Gasteiger partial charge in [0.1, 0.15) is 17.1 Å². The summed E-state index contributed by atoms with van der Waals surface area (Å²) in [7, 11) is 3.10. The first-order chi connectivity index (χ1) is 15.1. The molecule has 0 saturated carbocycles. The van der Waals surface area contributed by atoms with Crippen LogP contribution in [-0.2, 0) is 11.3 Å². The van der Waals surface area contributed by atoms with E-state index in [1.54, 1.807) is 55.2 Å². The summed E-state index contributed by atoms with van der Waals surface area (Å²) in [6, 6.07) is 10.7. The molecule has 0 saturated heterocycles. The van der Waals surface area contributed by atoms with E-state index in [1.807, 2.05) is 6.07 Å². The van der Waals surface area contributed by atoms with Gasteiger partial charge in [0.15, 0.2) is 12.4 Å². The fourth-order valence-electron chi connectivity index (χ4n) is 2.93. The highest BCUT2D eigenvalue weighted by Gasteiger charge is 2.19. The lowest BCUT2D eigenvalue weighted by atomic mass is 10.2. The number of carbonyl (C=O) groups is 1. The summed E-state index contributed by atoms with van der Waals surface area (Å²) in [5, 5.41) is 8.16. The van der Waals surface area contributed by atoms with Crippen molar-refractivity contribution in [1.82, 2.24) is 24.9 Å². The summed E-state index contributed by atoms with van der Waals surface area (Å²) >= 11 is 0. The Bertz CT molecular complexity index is 1200. The van der Waals surface area contributed by atoms with Crippen LogP contribution in [0.4, 0.5) is 0 Å². The van der Waals surface area contributed by atoms with Gasteiger partial charge in [-0.05, 0) is 31.2 Å². The van der Waals surface area contributed by atoms with Gasteiger partial charge in [-0.1, -0.05) is 11.2 Å². The average molecular weight is 421 g/mol. The second kappa shape index (κ2) is 8.66. The Labute approximate surface area is 177 Å². The SMILES string of the molecule is COc1ccc(-c2noc(COC(=O)c3cnn(-c4ccccn4)c3C)n2)c(OC)c1. The number of methoxy groups -OCH3 is 2. The maximum Gasteiger partial charge on any atom is 0.342 e. The average Bonchev–Trinajstić information content (AvgIpc) is 3.44. The van der Waals surface area contributed by atoms with E-state index in [1.165, 1.54) is 13.3 Å². The number of carbonyl (C=O) groups excluding carboxylic acids is 1. The minimum absolute atomic E-state index is 0.149. The third-order valence-electron chi connectivity index (χ3n) is 4.54. The molecular weight excluding hydrogens is 402 g/mol.